The van der Waals surface area contributed by atoms with E-state index in [0.717, 1.165) is 0 Å². The standard InChI is InChI=1S/C13H8Cl2N2O3/c14-8-1-6-12(15)11(7-8)13(18)16-9-2-4-10(5-3-9)17(19)20/h1-7H,(H,16,18). The molecular weight excluding hydrogens is 303 g/mol. The van der Waals surface area contributed by atoms with Gasteiger partial charge in [0.05, 0.1) is 15.5 Å². The molecule has 0 spiro atoms. The van der Waals surface area contributed by atoms with Gasteiger partial charge in [0.1, 0.15) is 0 Å². The summed E-state index contributed by atoms with van der Waals surface area (Å²) in [5.41, 5.74) is 0.609. The zero-order valence-corrected chi connectivity index (χ0v) is 11.5. The molecule has 1 N–H and O–H groups in total. The number of halogens is 2. The van der Waals surface area contributed by atoms with Gasteiger partial charge in [-0.15, -0.1) is 0 Å². The summed E-state index contributed by atoms with van der Waals surface area (Å²) >= 11 is 11.7. The maximum atomic E-state index is 12.0. The number of benzene rings is 2. The van der Waals surface area contributed by atoms with Gasteiger partial charge in [0.15, 0.2) is 0 Å². The van der Waals surface area contributed by atoms with Gasteiger partial charge in [-0.2, -0.15) is 0 Å². The predicted molar refractivity (Wildman–Crippen MR) is 77.5 cm³/mol. The number of carbonyl (C=O) groups excluding carboxylic acids is 1. The largest absolute Gasteiger partial charge is 0.322 e. The van der Waals surface area contributed by atoms with Crippen molar-refractivity contribution in [2.24, 2.45) is 0 Å². The van der Waals surface area contributed by atoms with Crippen LogP contribution in [-0.2, 0) is 0 Å². The number of carbonyl (C=O) groups is 1. The van der Waals surface area contributed by atoms with Crippen molar-refractivity contribution in [3.8, 4) is 0 Å². The van der Waals surface area contributed by atoms with Crippen LogP contribution in [0.4, 0.5) is 11.4 Å². The van der Waals surface area contributed by atoms with Gasteiger partial charge in [-0.3, -0.25) is 14.9 Å². The second-order valence-corrected chi connectivity index (χ2v) is 4.73. The number of nitro groups is 1. The topological polar surface area (TPSA) is 72.2 Å². The molecule has 1 amide bonds. The average molecular weight is 311 g/mol. The number of nitrogens with one attached hydrogen (secondary N) is 1. The van der Waals surface area contributed by atoms with E-state index in [1.807, 2.05) is 0 Å². The normalized spacial score (nSPS) is 10.1. The molecular formula is C13H8Cl2N2O3. The molecule has 0 saturated carbocycles. The molecule has 0 fully saturated rings. The summed E-state index contributed by atoms with van der Waals surface area (Å²) in [5, 5.41) is 13.8. The summed E-state index contributed by atoms with van der Waals surface area (Å²) in [6.45, 7) is 0. The van der Waals surface area contributed by atoms with Crippen LogP contribution in [0, 0.1) is 10.1 Å². The van der Waals surface area contributed by atoms with E-state index in [2.05, 4.69) is 5.32 Å². The minimum atomic E-state index is -0.514. The molecule has 0 aliphatic heterocycles. The van der Waals surface area contributed by atoms with Crippen LogP contribution in [-0.4, -0.2) is 10.8 Å². The summed E-state index contributed by atoms with van der Waals surface area (Å²) < 4.78 is 0. The van der Waals surface area contributed by atoms with Gasteiger partial charge in [0.25, 0.3) is 11.6 Å². The molecule has 0 saturated heterocycles. The van der Waals surface area contributed by atoms with Gasteiger partial charge in [-0.1, -0.05) is 23.2 Å². The lowest BCUT2D eigenvalue weighted by molar-refractivity contribution is -0.384. The van der Waals surface area contributed by atoms with Gasteiger partial charge in [-0.05, 0) is 30.3 Å². The maximum absolute atomic E-state index is 12.0. The zero-order chi connectivity index (χ0) is 14.7. The van der Waals surface area contributed by atoms with Crippen LogP contribution >= 0.6 is 23.2 Å². The highest BCUT2D eigenvalue weighted by Crippen LogP contribution is 2.22. The number of amides is 1. The summed E-state index contributed by atoms with van der Waals surface area (Å²) in [7, 11) is 0. The minimum absolute atomic E-state index is 0.0520. The molecule has 0 heterocycles. The molecule has 20 heavy (non-hydrogen) atoms. The number of hydrogen-bond donors (Lipinski definition) is 1. The third-order valence-corrected chi connectivity index (χ3v) is 3.07. The van der Waals surface area contributed by atoms with Crippen LogP contribution in [0.2, 0.25) is 10.0 Å². The van der Waals surface area contributed by atoms with Crippen LogP contribution < -0.4 is 5.32 Å². The Morgan fingerprint density at radius 3 is 2.35 bits per heavy atom. The molecule has 0 bridgehead atoms. The van der Waals surface area contributed by atoms with Gasteiger partial charge < -0.3 is 5.32 Å². The fourth-order valence-corrected chi connectivity index (χ4v) is 1.91. The molecule has 0 atom stereocenters. The van der Waals surface area contributed by atoms with Crippen LogP contribution in [0.3, 0.4) is 0 Å². The highest BCUT2D eigenvalue weighted by atomic mass is 35.5. The van der Waals surface area contributed by atoms with Crippen LogP contribution in [0.5, 0.6) is 0 Å². The number of anilines is 1. The van der Waals surface area contributed by atoms with Gasteiger partial charge in [-0.25, -0.2) is 0 Å². The highest BCUT2D eigenvalue weighted by Gasteiger charge is 2.12. The maximum Gasteiger partial charge on any atom is 0.269 e. The lowest BCUT2D eigenvalue weighted by atomic mass is 10.2. The molecule has 2 aromatic carbocycles. The SMILES string of the molecule is O=C(Nc1ccc([N+](=O)[O-])cc1)c1cc(Cl)ccc1Cl. The Labute approximate surface area is 124 Å². The van der Waals surface area contributed by atoms with E-state index in [0.29, 0.717) is 10.7 Å². The fourth-order valence-electron chi connectivity index (χ4n) is 1.54. The Morgan fingerprint density at radius 2 is 1.75 bits per heavy atom. The average Bonchev–Trinajstić information content (AvgIpc) is 2.42. The Bertz CT molecular complexity index is 672. The quantitative estimate of drug-likeness (QED) is 0.683. The van der Waals surface area contributed by atoms with E-state index in [9.17, 15) is 14.9 Å². The lowest BCUT2D eigenvalue weighted by Crippen LogP contribution is -2.12. The van der Waals surface area contributed by atoms with E-state index in [1.165, 1.54) is 36.4 Å². The number of nitrogens with zero attached hydrogens (tertiary/aromatic N) is 1. The Morgan fingerprint density at radius 1 is 1.10 bits per heavy atom. The van der Waals surface area contributed by atoms with Crippen LogP contribution in [0.1, 0.15) is 10.4 Å². The first-order valence-electron chi connectivity index (χ1n) is 5.48. The Hall–Kier alpha value is -2.11. The number of nitro benzene ring substituents is 1. The van der Waals surface area contributed by atoms with Crippen molar-refractivity contribution < 1.29 is 9.72 Å². The molecule has 2 aromatic rings. The van der Waals surface area contributed by atoms with E-state index >= 15 is 0 Å². The molecule has 0 radical (unpaired) electrons. The fraction of sp³-hybridized carbons (Fsp3) is 0. The third-order valence-electron chi connectivity index (χ3n) is 2.51. The third kappa shape index (κ3) is 3.26. The second-order valence-electron chi connectivity index (χ2n) is 3.88. The van der Waals surface area contributed by atoms with Crippen molar-refractivity contribution in [1.82, 2.24) is 0 Å². The monoisotopic (exact) mass is 310 g/mol. The molecule has 7 heteroatoms. The van der Waals surface area contributed by atoms with E-state index in [4.69, 9.17) is 23.2 Å². The van der Waals surface area contributed by atoms with Gasteiger partial charge >= 0.3 is 0 Å². The predicted octanol–water partition coefficient (Wildman–Crippen LogP) is 4.15. The van der Waals surface area contributed by atoms with Crippen molar-refractivity contribution >= 4 is 40.5 Å². The number of hydrogen-bond acceptors (Lipinski definition) is 3. The van der Waals surface area contributed by atoms with Crippen molar-refractivity contribution in [1.29, 1.82) is 0 Å². The van der Waals surface area contributed by atoms with Gasteiger partial charge in [0, 0.05) is 22.8 Å². The molecule has 0 aliphatic carbocycles. The number of rotatable bonds is 3. The molecule has 5 nitrogen and oxygen atoms in total. The number of non-ortho nitro benzene ring substituents is 1. The first-order chi connectivity index (χ1) is 9.47. The molecule has 0 aromatic heterocycles. The van der Waals surface area contributed by atoms with Crippen molar-refractivity contribution in [3.63, 3.8) is 0 Å². The molecule has 0 unspecified atom stereocenters. The van der Waals surface area contributed by atoms with Crippen molar-refractivity contribution in [3.05, 3.63) is 68.2 Å². The van der Waals surface area contributed by atoms with Crippen LogP contribution in [0.15, 0.2) is 42.5 Å². The molecule has 0 aliphatic rings. The smallest absolute Gasteiger partial charge is 0.269 e. The van der Waals surface area contributed by atoms with Crippen molar-refractivity contribution in [2.45, 2.75) is 0 Å². The zero-order valence-electron chi connectivity index (χ0n) is 9.97. The van der Waals surface area contributed by atoms with Gasteiger partial charge in [0.2, 0.25) is 0 Å². The first kappa shape index (κ1) is 14.3. The molecule has 2 rings (SSSR count). The summed E-state index contributed by atoms with van der Waals surface area (Å²) in [5.74, 6) is -0.439. The summed E-state index contributed by atoms with van der Waals surface area (Å²) in [6.07, 6.45) is 0. The van der Waals surface area contributed by atoms with Crippen LogP contribution in [0.25, 0.3) is 0 Å². The Balaban J connectivity index is 2.19. The second kappa shape index (κ2) is 5.90. The Kier molecular flexibility index (Phi) is 4.22. The summed E-state index contributed by atoms with van der Waals surface area (Å²) in [4.78, 5) is 22.0. The van der Waals surface area contributed by atoms with Crippen molar-refractivity contribution in [2.75, 3.05) is 5.32 Å². The first-order valence-corrected chi connectivity index (χ1v) is 6.24. The molecule has 102 valence electrons. The van der Waals surface area contributed by atoms with E-state index in [-0.39, 0.29) is 16.3 Å². The lowest BCUT2D eigenvalue weighted by Gasteiger charge is -2.07. The highest BCUT2D eigenvalue weighted by molar-refractivity contribution is 6.36. The minimum Gasteiger partial charge on any atom is -0.322 e. The summed E-state index contributed by atoms with van der Waals surface area (Å²) in [6, 6.07) is 10.0. The van der Waals surface area contributed by atoms with E-state index in [1.54, 1.807) is 6.07 Å². The van der Waals surface area contributed by atoms with E-state index < -0.39 is 10.8 Å².